The van der Waals surface area contributed by atoms with Crippen molar-refractivity contribution in [3.05, 3.63) is 92.0 Å². The molecule has 0 fully saturated rings. The van der Waals surface area contributed by atoms with Gasteiger partial charge >= 0.3 is 21.7 Å². The summed E-state index contributed by atoms with van der Waals surface area (Å²) in [5, 5.41) is 5.18. The van der Waals surface area contributed by atoms with Crippen LogP contribution in [-0.2, 0) is 21.7 Å². The first-order valence-electron chi connectivity index (χ1n) is 14.1. The van der Waals surface area contributed by atoms with Crippen LogP contribution in [0.25, 0.3) is 0 Å². The number of benzene rings is 3. The number of aryl methyl sites for hydroxylation is 6. The number of ether oxygens (including phenoxy) is 3. The van der Waals surface area contributed by atoms with E-state index in [4.69, 9.17) is 14.2 Å². The molecule has 4 aromatic rings. The standard InChI is InChI=1S/C36H45O3Si.3ClH.Ti/c1-20-14-23(4)33(30(17-20)37-11)40(36-28(9)26(7)27(8)29(36)10,34-24(5)15-21(2)18-31(34)38-12)35-25(6)16-22(3)19-32(35)39-13;;;;/h14-19H,1-13H3;3*1H;/q-1;;;;+4/p-3. The van der Waals surface area contributed by atoms with Crippen LogP contribution in [0.4, 0.5) is 0 Å². The molecule has 0 N–H and O–H groups in total. The van der Waals surface area contributed by atoms with Crippen LogP contribution >= 0.6 is 0 Å². The van der Waals surface area contributed by atoms with Crippen molar-refractivity contribution in [1.29, 1.82) is 0 Å². The van der Waals surface area contributed by atoms with Crippen molar-refractivity contribution in [3.63, 3.8) is 0 Å². The molecule has 8 heteroatoms. The Morgan fingerprint density at radius 1 is 0.500 bits per heavy atom. The zero-order valence-electron chi connectivity index (χ0n) is 28.3. The summed E-state index contributed by atoms with van der Waals surface area (Å²) in [4.78, 5) is 0. The topological polar surface area (TPSA) is 27.7 Å². The third-order valence-corrected chi connectivity index (χ3v) is 14.6. The maximum absolute atomic E-state index is 6.32. The van der Waals surface area contributed by atoms with Gasteiger partial charge < -0.3 is 51.4 Å². The van der Waals surface area contributed by atoms with Crippen LogP contribution < -0.4 is 72.2 Å². The summed E-state index contributed by atoms with van der Waals surface area (Å²) in [5.74, 6) is 2.76. The predicted octanol–water partition coefficient (Wildman–Crippen LogP) is -3.10. The van der Waals surface area contributed by atoms with Crippen molar-refractivity contribution >= 4 is 28.8 Å². The van der Waals surface area contributed by atoms with E-state index in [1.165, 1.54) is 76.4 Å². The largest absolute Gasteiger partial charge is 4.00 e. The Balaban J connectivity index is 0.00000462. The van der Waals surface area contributed by atoms with Crippen molar-refractivity contribution in [2.45, 2.75) is 69.2 Å². The summed E-state index contributed by atoms with van der Waals surface area (Å²) < 4.78 is 19.0. The van der Waals surface area contributed by atoms with Gasteiger partial charge in [0.2, 0.25) is 0 Å². The first-order valence-corrected chi connectivity index (χ1v) is 16.1. The molecule has 0 spiro atoms. The van der Waals surface area contributed by atoms with E-state index in [0.717, 1.165) is 17.2 Å². The van der Waals surface area contributed by atoms with E-state index in [-0.39, 0.29) is 58.9 Å². The van der Waals surface area contributed by atoms with Gasteiger partial charge in [-0.05, 0) is 109 Å². The van der Waals surface area contributed by atoms with Crippen molar-refractivity contribution in [3.8, 4) is 17.2 Å². The SMILES string of the molecule is COc1cc(C)cc(C)c1[Si](c1c(C)cc(C)cc1OC)(c1c(C)cc(C)cc1OC)c1c(C)c(C)c(C)[c-]1C.[Cl-].[Cl-].[Cl-].[Ti+4]. The zero-order valence-corrected chi connectivity index (χ0v) is 33.2. The van der Waals surface area contributed by atoms with Crippen LogP contribution in [0.3, 0.4) is 0 Å². The summed E-state index contributed by atoms with van der Waals surface area (Å²) in [6.07, 6.45) is 0. The Kier molecular flexibility index (Phi) is 15.5. The molecule has 0 aromatic heterocycles. The number of rotatable bonds is 7. The van der Waals surface area contributed by atoms with E-state index in [0.29, 0.717) is 0 Å². The second-order valence-corrected chi connectivity index (χ2v) is 15.1. The Morgan fingerprint density at radius 2 is 0.795 bits per heavy atom. The predicted molar refractivity (Wildman–Crippen MR) is 173 cm³/mol. The monoisotopic (exact) mass is 706 g/mol. The van der Waals surface area contributed by atoms with Gasteiger partial charge in [0.25, 0.3) is 0 Å². The van der Waals surface area contributed by atoms with Gasteiger partial charge in [0, 0.05) is 0 Å². The molecule has 0 aliphatic carbocycles. The van der Waals surface area contributed by atoms with Crippen molar-refractivity contribution in [2.24, 2.45) is 0 Å². The van der Waals surface area contributed by atoms with Gasteiger partial charge in [-0.1, -0.05) is 45.9 Å². The molecule has 236 valence electrons. The molecule has 0 saturated carbocycles. The van der Waals surface area contributed by atoms with Crippen LogP contribution in [0, 0.1) is 69.2 Å². The summed E-state index contributed by atoms with van der Waals surface area (Å²) in [6, 6.07) is 13.5. The summed E-state index contributed by atoms with van der Waals surface area (Å²) in [7, 11) is 2.23. The molecule has 0 aliphatic heterocycles. The third-order valence-electron chi connectivity index (χ3n) is 8.93. The van der Waals surface area contributed by atoms with Crippen LogP contribution in [0.5, 0.6) is 17.2 Å². The minimum Gasteiger partial charge on any atom is -1.00 e. The fourth-order valence-electron chi connectivity index (χ4n) is 7.24. The van der Waals surface area contributed by atoms with E-state index in [1.807, 2.05) is 0 Å². The van der Waals surface area contributed by atoms with Crippen molar-refractivity contribution < 1.29 is 73.1 Å². The Morgan fingerprint density at radius 3 is 1.02 bits per heavy atom. The Hall–Kier alpha value is -1.79. The summed E-state index contributed by atoms with van der Waals surface area (Å²) >= 11 is 0. The molecule has 0 saturated heterocycles. The van der Waals surface area contributed by atoms with Crippen LogP contribution in [0.15, 0.2) is 36.4 Å². The molecule has 0 aliphatic rings. The van der Waals surface area contributed by atoms with Crippen LogP contribution in [0.1, 0.15) is 55.6 Å². The molecule has 0 atom stereocenters. The fourth-order valence-corrected chi connectivity index (χ4v) is 13.9. The summed E-state index contributed by atoms with van der Waals surface area (Å²) in [5.41, 5.74) is 12.6. The molecular formula is C36H45Cl3O3SiTi. The Bertz CT molecular complexity index is 1460. The second-order valence-electron chi connectivity index (χ2n) is 11.6. The number of hydrogen-bond donors (Lipinski definition) is 0. The molecule has 44 heavy (non-hydrogen) atoms. The molecule has 0 amide bonds. The molecule has 3 nitrogen and oxygen atoms in total. The van der Waals surface area contributed by atoms with E-state index >= 15 is 0 Å². The van der Waals surface area contributed by atoms with Gasteiger partial charge in [-0.2, -0.15) is 27.4 Å². The smallest absolute Gasteiger partial charge is 1.00 e. The van der Waals surface area contributed by atoms with Gasteiger partial charge in [0.05, 0.1) is 21.3 Å². The van der Waals surface area contributed by atoms with Gasteiger partial charge in [-0.15, -0.1) is 0 Å². The van der Waals surface area contributed by atoms with E-state index < -0.39 is 8.07 Å². The quantitative estimate of drug-likeness (QED) is 0.116. The van der Waals surface area contributed by atoms with Gasteiger partial charge in [0.15, 0.2) is 8.07 Å². The third kappa shape index (κ3) is 6.68. The normalized spacial score (nSPS) is 10.6. The van der Waals surface area contributed by atoms with Crippen molar-refractivity contribution in [2.75, 3.05) is 21.3 Å². The first kappa shape index (κ1) is 42.2. The van der Waals surface area contributed by atoms with Crippen molar-refractivity contribution in [1.82, 2.24) is 0 Å². The molecule has 4 rings (SSSR count). The maximum Gasteiger partial charge on any atom is 4.00 e. The fraction of sp³-hybridized carbons (Fsp3) is 0.361. The average Bonchev–Trinajstić information content (AvgIpc) is 3.08. The Labute approximate surface area is 300 Å². The molecule has 0 radical (unpaired) electrons. The number of halogens is 3. The molecular weight excluding hydrogens is 663 g/mol. The van der Waals surface area contributed by atoms with Crippen LogP contribution in [-0.4, -0.2) is 29.4 Å². The first-order chi connectivity index (χ1) is 18.8. The maximum atomic E-state index is 6.32. The van der Waals surface area contributed by atoms with E-state index in [1.54, 1.807) is 21.3 Å². The molecule has 4 aromatic carbocycles. The molecule has 0 unspecified atom stereocenters. The second kappa shape index (κ2) is 16.2. The average molecular weight is 708 g/mol. The molecule has 0 bridgehead atoms. The van der Waals surface area contributed by atoms with Gasteiger partial charge in [-0.3, -0.25) is 0 Å². The van der Waals surface area contributed by atoms with E-state index in [9.17, 15) is 0 Å². The van der Waals surface area contributed by atoms with E-state index in [2.05, 4.69) is 106 Å². The number of methoxy groups -OCH3 is 3. The molecule has 0 heterocycles. The van der Waals surface area contributed by atoms with Gasteiger partial charge in [0.1, 0.15) is 17.2 Å². The minimum atomic E-state index is -3.17. The number of hydrogen-bond acceptors (Lipinski definition) is 3. The van der Waals surface area contributed by atoms with Crippen LogP contribution in [0.2, 0.25) is 0 Å². The summed E-state index contributed by atoms with van der Waals surface area (Å²) in [6.45, 7) is 22.3. The minimum absolute atomic E-state index is 0. The van der Waals surface area contributed by atoms with Gasteiger partial charge in [-0.25, -0.2) is 0 Å². The zero-order chi connectivity index (χ0) is 29.7.